The molecule has 0 amide bonds. The monoisotopic (exact) mass is 930 g/mol. The number of anilines is 2. The smallest absolute Gasteiger partial charge is 0.198 e. The maximum absolute atomic E-state index is 7.12. The highest BCUT2D eigenvalue weighted by molar-refractivity contribution is 6.74. The van der Waals surface area contributed by atoms with E-state index < -0.39 is 0 Å². The van der Waals surface area contributed by atoms with E-state index in [4.69, 9.17) is 8.83 Å². The molecule has 72 heavy (non-hydrogen) atoms. The van der Waals surface area contributed by atoms with Crippen LogP contribution < -0.4 is 16.2 Å². The molecule has 9 aromatic carbocycles. The molecule has 5 heteroatoms. The van der Waals surface area contributed by atoms with E-state index in [1.54, 1.807) is 0 Å². The molecule has 0 atom stereocenters. The van der Waals surface area contributed by atoms with Gasteiger partial charge < -0.3 is 18.7 Å². The summed E-state index contributed by atoms with van der Waals surface area (Å²) in [5, 5.41) is 9.97. The van der Waals surface area contributed by atoms with Crippen molar-refractivity contribution in [3.63, 3.8) is 0 Å². The third-order valence-corrected chi connectivity index (χ3v) is 16.1. The topological polar surface area (TPSA) is 43.2 Å². The molecule has 0 fully saturated rings. The summed E-state index contributed by atoms with van der Waals surface area (Å²) in [4.78, 5) is 0. The van der Waals surface area contributed by atoms with Gasteiger partial charge in [0.1, 0.15) is 22.5 Å². The zero-order valence-electron chi connectivity index (χ0n) is 42.2. The van der Waals surface area contributed by atoms with Crippen molar-refractivity contribution in [3.8, 4) is 50.4 Å². The molecule has 1 N–H and O–H groups in total. The number of rotatable bonds is 5. The highest BCUT2D eigenvalue weighted by Crippen LogP contribution is 2.58. The van der Waals surface area contributed by atoms with Crippen LogP contribution in [0.3, 0.4) is 0 Å². The molecule has 0 saturated carbocycles. The highest BCUT2D eigenvalue weighted by atomic mass is 16.3. The lowest BCUT2D eigenvalue weighted by Crippen LogP contribution is -2.38. The zero-order valence-corrected chi connectivity index (χ0v) is 42.2. The van der Waals surface area contributed by atoms with Gasteiger partial charge in [-0.1, -0.05) is 182 Å². The second-order valence-electron chi connectivity index (χ2n) is 23.0. The van der Waals surface area contributed by atoms with Gasteiger partial charge in [-0.2, -0.15) is 0 Å². The molecule has 4 nitrogen and oxygen atoms in total. The molecular formula is C67H55BN2O2. The second kappa shape index (κ2) is 15.0. The van der Waals surface area contributed by atoms with Gasteiger partial charge in [0.05, 0.1) is 11.2 Å². The first-order valence-electron chi connectivity index (χ1n) is 25.5. The molecule has 0 bridgehead atoms. The number of aromatic nitrogens is 1. The average Bonchev–Trinajstić information content (AvgIpc) is 4.11. The first-order valence-corrected chi connectivity index (χ1v) is 25.5. The van der Waals surface area contributed by atoms with Gasteiger partial charge in [0, 0.05) is 72.0 Å². The van der Waals surface area contributed by atoms with Crippen LogP contribution in [0.2, 0.25) is 0 Å². The quantitative estimate of drug-likeness (QED) is 0.175. The van der Waals surface area contributed by atoms with Crippen molar-refractivity contribution in [2.75, 3.05) is 5.32 Å². The minimum Gasteiger partial charge on any atom is -0.456 e. The SMILES string of the molecule is CC(C)(C)c1ccc(Nc2cc3oc4ccccc4c3cc2-c2c3c(c4c5cc(C(C)(C)C)ccc5n5c4c2Bc2cc4oc(-c6ccccc6)c(-c6ccccc6)c4cc2-5)C(C)(C)c2ccccc2-3)cc1. The van der Waals surface area contributed by atoms with Gasteiger partial charge in [-0.05, 0) is 109 Å². The Morgan fingerprint density at radius 2 is 1.18 bits per heavy atom. The molecule has 1 aliphatic heterocycles. The maximum atomic E-state index is 7.12. The average molecular weight is 931 g/mol. The molecule has 14 rings (SSSR count). The zero-order chi connectivity index (χ0) is 49.0. The molecule has 12 aromatic rings. The standard InChI is InChI=1S/C67H55BN2O2/c1-65(2,3)40-27-30-42(31-28-40)69-51-37-56-45(43-23-16-18-26-54(43)71-56)34-46(51)59-58-44-24-15-17-25-49(44)67(7,8)61(58)60-47-33-41(66(4,5)6)29-32-52(47)70-53-35-48-55(36-50(53)68-62(59)63(60)70)72-64(39-21-13-10-14-22-39)57(48)38-19-11-9-12-20-38/h9-37,68-69H,1-8H3. The second-order valence-corrected chi connectivity index (χ2v) is 23.0. The number of nitrogens with zero attached hydrogens (tertiary/aromatic N) is 1. The van der Waals surface area contributed by atoms with Crippen molar-refractivity contribution in [3.05, 3.63) is 198 Å². The molecule has 0 unspecified atom stereocenters. The number of hydrogen-bond donors (Lipinski definition) is 1. The third kappa shape index (κ3) is 6.19. The lowest BCUT2D eigenvalue weighted by molar-refractivity contribution is 0.590. The summed E-state index contributed by atoms with van der Waals surface area (Å²) in [6.07, 6.45) is 0. The fourth-order valence-electron chi connectivity index (χ4n) is 12.5. The van der Waals surface area contributed by atoms with Crippen molar-refractivity contribution in [1.82, 2.24) is 4.57 Å². The van der Waals surface area contributed by atoms with Crippen molar-refractivity contribution < 1.29 is 8.83 Å². The summed E-state index contributed by atoms with van der Waals surface area (Å²) in [6.45, 7) is 18.7. The number of nitrogens with one attached hydrogen (secondary N) is 1. The van der Waals surface area contributed by atoms with Gasteiger partial charge in [0.25, 0.3) is 0 Å². The normalized spacial score (nSPS) is 13.8. The van der Waals surface area contributed by atoms with Crippen molar-refractivity contribution in [2.24, 2.45) is 0 Å². The fraction of sp³-hybridized carbons (Fsp3) is 0.164. The minimum atomic E-state index is -0.321. The van der Waals surface area contributed by atoms with E-state index in [2.05, 4.69) is 241 Å². The van der Waals surface area contributed by atoms with Crippen LogP contribution >= 0.6 is 0 Å². The Balaban J connectivity index is 1.15. The Morgan fingerprint density at radius 1 is 0.514 bits per heavy atom. The summed E-state index contributed by atoms with van der Waals surface area (Å²) in [6, 6.07) is 64.7. The Morgan fingerprint density at radius 3 is 1.93 bits per heavy atom. The number of furan rings is 2. The van der Waals surface area contributed by atoms with E-state index in [0.717, 1.165) is 72.3 Å². The Bertz CT molecular complexity index is 4230. The van der Waals surface area contributed by atoms with Crippen LogP contribution in [0.5, 0.6) is 0 Å². The van der Waals surface area contributed by atoms with Crippen LogP contribution in [-0.2, 0) is 16.2 Å². The predicted octanol–water partition coefficient (Wildman–Crippen LogP) is 16.8. The number of para-hydroxylation sites is 1. The first-order chi connectivity index (χ1) is 34.7. The Kier molecular flexibility index (Phi) is 8.93. The summed E-state index contributed by atoms with van der Waals surface area (Å²) in [7, 11) is 0.710. The largest absolute Gasteiger partial charge is 0.456 e. The number of fused-ring (bicyclic) bond motifs is 13. The molecule has 2 aliphatic rings. The van der Waals surface area contributed by atoms with Gasteiger partial charge in [0.15, 0.2) is 7.28 Å². The van der Waals surface area contributed by atoms with Crippen LogP contribution in [0.4, 0.5) is 11.4 Å². The van der Waals surface area contributed by atoms with E-state index in [9.17, 15) is 0 Å². The van der Waals surface area contributed by atoms with Crippen LogP contribution in [0.15, 0.2) is 185 Å². The van der Waals surface area contributed by atoms with Crippen molar-refractivity contribution >= 4 is 84.3 Å². The fourth-order valence-corrected chi connectivity index (χ4v) is 12.5. The van der Waals surface area contributed by atoms with Gasteiger partial charge in [-0.3, -0.25) is 0 Å². The molecule has 0 saturated heterocycles. The van der Waals surface area contributed by atoms with Crippen molar-refractivity contribution in [1.29, 1.82) is 0 Å². The van der Waals surface area contributed by atoms with Crippen LogP contribution in [0.1, 0.15) is 77.6 Å². The molecule has 348 valence electrons. The number of benzene rings is 9. The first kappa shape index (κ1) is 42.8. The van der Waals surface area contributed by atoms with E-state index in [1.165, 1.54) is 77.4 Å². The Labute approximate surface area is 421 Å². The molecular weight excluding hydrogens is 876 g/mol. The summed E-state index contributed by atoms with van der Waals surface area (Å²) < 4.78 is 16.5. The van der Waals surface area contributed by atoms with Crippen LogP contribution in [0.25, 0.3) is 105 Å². The van der Waals surface area contributed by atoms with Crippen LogP contribution in [0, 0.1) is 0 Å². The molecule has 4 heterocycles. The maximum Gasteiger partial charge on any atom is 0.198 e. The molecule has 0 spiro atoms. The summed E-state index contributed by atoms with van der Waals surface area (Å²) >= 11 is 0. The highest BCUT2D eigenvalue weighted by Gasteiger charge is 2.43. The summed E-state index contributed by atoms with van der Waals surface area (Å²) in [5.74, 6) is 0.888. The van der Waals surface area contributed by atoms with Gasteiger partial charge >= 0.3 is 0 Å². The molecule has 1 aliphatic carbocycles. The molecule has 3 aromatic heterocycles. The lowest BCUT2D eigenvalue weighted by Gasteiger charge is -2.29. The predicted molar refractivity (Wildman–Crippen MR) is 305 cm³/mol. The lowest BCUT2D eigenvalue weighted by atomic mass is 9.57. The minimum absolute atomic E-state index is 0.0333. The van der Waals surface area contributed by atoms with E-state index in [-0.39, 0.29) is 16.2 Å². The third-order valence-electron chi connectivity index (χ3n) is 16.1. The van der Waals surface area contributed by atoms with Crippen LogP contribution in [-0.4, -0.2) is 11.8 Å². The van der Waals surface area contributed by atoms with E-state index in [0.29, 0.717) is 7.28 Å². The summed E-state index contributed by atoms with van der Waals surface area (Å²) in [5.41, 5.74) is 24.3. The van der Waals surface area contributed by atoms with Crippen molar-refractivity contribution in [2.45, 2.75) is 71.6 Å². The number of hydrogen-bond acceptors (Lipinski definition) is 3. The van der Waals surface area contributed by atoms with E-state index in [1.807, 2.05) is 0 Å². The van der Waals surface area contributed by atoms with E-state index >= 15 is 0 Å². The Hall–Kier alpha value is -8.02. The van der Waals surface area contributed by atoms with Gasteiger partial charge in [-0.25, -0.2) is 0 Å². The van der Waals surface area contributed by atoms with Gasteiger partial charge in [-0.15, -0.1) is 0 Å². The molecule has 0 radical (unpaired) electrons. The van der Waals surface area contributed by atoms with Gasteiger partial charge in [0.2, 0.25) is 0 Å².